The quantitative estimate of drug-likeness (QED) is 0.119. The van der Waals surface area contributed by atoms with Crippen LogP contribution in [0.25, 0.3) is 0 Å². The first-order chi connectivity index (χ1) is 24.7. The summed E-state index contributed by atoms with van der Waals surface area (Å²) in [4.78, 5) is 0. The lowest BCUT2D eigenvalue weighted by molar-refractivity contribution is -0.271. The Hall–Kier alpha value is 0.141. The maximum Gasteiger partial charge on any atom is 0.265 e. The largest absolute Gasteiger partial charge is 0.414 e. The second-order valence-corrected chi connectivity index (χ2v) is 54.3. The van der Waals surface area contributed by atoms with Crippen LogP contribution in [0.2, 0.25) is 110 Å². The Balaban J connectivity index is 4.63. The van der Waals surface area contributed by atoms with Gasteiger partial charge in [0.2, 0.25) is 6.29 Å². The maximum absolute atomic E-state index is 11.8. The lowest BCUT2D eigenvalue weighted by atomic mass is 10.0. The number of hydrogen-bond donors (Lipinski definition) is 1. The van der Waals surface area contributed by atoms with Crippen LogP contribution in [-0.4, -0.2) is 97.6 Å². The molecule has 13 heteroatoms. The van der Waals surface area contributed by atoms with E-state index in [2.05, 4.69) is 212 Å². The third-order valence-electron chi connectivity index (χ3n) is 14.1. The number of hydrogen-bond acceptors (Lipinski definition) is 7. The average Bonchev–Trinajstić information content (AvgIpc) is 3.21. The van der Waals surface area contributed by atoms with E-state index in [-0.39, 0.29) is 25.2 Å². The van der Waals surface area contributed by atoms with E-state index in [4.69, 9.17) is 27.2 Å². The highest BCUT2D eigenvalue weighted by Crippen LogP contribution is 2.49. The molecule has 1 rings (SSSR count). The van der Waals surface area contributed by atoms with Crippen LogP contribution in [0.5, 0.6) is 0 Å². The second kappa shape index (κ2) is 17.7. The van der Waals surface area contributed by atoms with Crippen molar-refractivity contribution >= 4 is 49.4 Å². The van der Waals surface area contributed by atoms with Gasteiger partial charge in [-0.1, -0.05) is 137 Å². The molecule has 1 aliphatic heterocycles. The molecule has 0 aromatic rings. The summed E-state index contributed by atoms with van der Waals surface area (Å²) in [5.41, 5.74) is 7.09. The van der Waals surface area contributed by atoms with Crippen LogP contribution >= 0.6 is 0 Å². The molecule has 1 unspecified atom stereocenters. The van der Waals surface area contributed by atoms with Gasteiger partial charge in [-0.25, -0.2) is 0 Å². The average molecular weight is 902 g/mol. The molecule has 0 saturated carbocycles. The lowest BCUT2D eigenvalue weighted by Gasteiger charge is -2.46. The fourth-order valence-corrected chi connectivity index (χ4v) is 11.0. The first-order valence-corrected chi connectivity index (χ1v) is 39.6. The number of aliphatic hydroxyl groups excluding tert-OH is 1. The van der Waals surface area contributed by atoms with Crippen molar-refractivity contribution in [2.75, 3.05) is 6.61 Å². The molecule has 0 spiro atoms. The third-order valence-corrected chi connectivity index (χ3v) is 37.4. The van der Waals surface area contributed by atoms with Crippen LogP contribution in [-0.2, 0) is 27.2 Å². The van der Waals surface area contributed by atoms with Crippen molar-refractivity contribution in [2.45, 2.75) is 251 Å². The molecular formula is C44H92O7Si6. The van der Waals surface area contributed by atoms with Crippen molar-refractivity contribution in [1.82, 2.24) is 0 Å². The third kappa shape index (κ3) is 14.3. The molecule has 0 aromatic heterocycles. The van der Waals surface area contributed by atoms with Crippen molar-refractivity contribution in [2.24, 2.45) is 0 Å². The van der Waals surface area contributed by atoms with Gasteiger partial charge in [0, 0.05) is 0 Å². The highest BCUT2D eigenvalue weighted by molar-refractivity contribution is 6.87. The molecule has 1 aliphatic rings. The van der Waals surface area contributed by atoms with Crippen molar-refractivity contribution < 1.29 is 32.3 Å². The molecule has 57 heavy (non-hydrogen) atoms. The lowest BCUT2D eigenvalue weighted by Crippen LogP contribution is -2.59. The van der Waals surface area contributed by atoms with E-state index in [1.165, 1.54) is 0 Å². The predicted octanol–water partition coefficient (Wildman–Crippen LogP) is 12.5. The van der Waals surface area contributed by atoms with Gasteiger partial charge in [-0.2, -0.15) is 0 Å². The van der Waals surface area contributed by atoms with Gasteiger partial charge in [0.05, 0.1) is 12.7 Å². The Bertz CT molecular complexity index is 1480. The summed E-state index contributed by atoms with van der Waals surface area (Å²) < 4.78 is 44.2. The van der Waals surface area contributed by atoms with E-state index in [9.17, 15) is 5.11 Å². The molecule has 334 valence electrons. The monoisotopic (exact) mass is 901 g/mol. The van der Waals surface area contributed by atoms with Crippen molar-refractivity contribution in [1.29, 1.82) is 0 Å². The van der Waals surface area contributed by atoms with Gasteiger partial charge >= 0.3 is 0 Å². The minimum atomic E-state index is -2.60. The zero-order valence-corrected chi connectivity index (χ0v) is 48.5. The SMILES string of the molecule is CC(C)(C)[Si](C)(C)C#C[C@@]1(OC(O)C#C[Si](C)(C)C)O[C@@H]([C@@H](CO[Si](C)(C)C(C)(C)C)O[Si](C)(C)C(C)(C)C)[C@H](O[Si](C)(C)C(C)(C)C)[C@H]1O[Si](C)(C)C(C)(C)C. The van der Waals surface area contributed by atoms with Crippen LogP contribution in [0, 0.1) is 22.9 Å². The number of aliphatic hydroxyl groups is 1. The van der Waals surface area contributed by atoms with Crippen molar-refractivity contribution in [3.05, 3.63) is 0 Å². The molecule has 0 radical (unpaired) electrons. The first kappa shape index (κ1) is 55.2. The van der Waals surface area contributed by atoms with Gasteiger partial charge in [0.15, 0.2) is 33.3 Å². The summed E-state index contributed by atoms with van der Waals surface area (Å²) in [6.07, 6.45) is -4.17. The highest BCUT2D eigenvalue weighted by Gasteiger charge is 2.64. The molecule has 1 saturated heterocycles. The van der Waals surface area contributed by atoms with E-state index < -0.39 is 85.9 Å². The molecule has 1 heterocycles. The minimum Gasteiger partial charge on any atom is -0.414 e. The summed E-state index contributed by atoms with van der Waals surface area (Å²) in [6.45, 7) is 63.4. The van der Waals surface area contributed by atoms with Gasteiger partial charge < -0.3 is 27.5 Å². The first-order valence-electron chi connectivity index (χ1n) is 21.4. The Labute approximate surface area is 360 Å². The Morgan fingerprint density at radius 1 is 0.579 bits per heavy atom. The fraction of sp³-hybridized carbons (Fsp3) is 0.909. The van der Waals surface area contributed by atoms with Gasteiger partial charge in [-0.05, 0) is 89.4 Å². The zero-order chi connectivity index (χ0) is 45.7. The molecular weight excluding hydrogens is 809 g/mol. The van der Waals surface area contributed by atoms with E-state index in [1.54, 1.807) is 0 Å². The van der Waals surface area contributed by atoms with Crippen molar-refractivity contribution in [3.63, 3.8) is 0 Å². The van der Waals surface area contributed by atoms with Gasteiger partial charge in [0.1, 0.15) is 34.5 Å². The van der Waals surface area contributed by atoms with Gasteiger partial charge in [-0.15, -0.1) is 11.1 Å². The molecule has 0 aromatic carbocycles. The zero-order valence-electron chi connectivity index (χ0n) is 42.5. The van der Waals surface area contributed by atoms with Crippen LogP contribution in [0.1, 0.15) is 104 Å². The Kier molecular flexibility index (Phi) is 17.2. The van der Waals surface area contributed by atoms with E-state index >= 15 is 0 Å². The van der Waals surface area contributed by atoms with Gasteiger partial charge in [-0.3, -0.25) is 4.74 Å². The summed E-state index contributed by atoms with van der Waals surface area (Å²) in [7, 11) is -14.0. The maximum atomic E-state index is 11.8. The topological polar surface area (TPSA) is 75.6 Å². The van der Waals surface area contributed by atoms with Crippen LogP contribution in [0.15, 0.2) is 0 Å². The molecule has 6 atom stereocenters. The molecule has 1 N–H and O–H groups in total. The molecule has 7 nitrogen and oxygen atoms in total. The number of rotatable bonds is 12. The van der Waals surface area contributed by atoms with Crippen molar-refractivity contribution in [3.8, 4) is 22.9 Å². The Morgan fingerprint density at radius 2 is 1.00 bits per heavy atom. The van der Waals surface area contributed by atoms with E-state index in [1.807, 2.05) is 0 Å². The van der Waals surface area contributed by atoms with E-state index in [0.29, 0.717) is 6.61 Å². The highest BCUT2D eigenvalue weighted by atomic mass is 28.4. The summed E-state index contributed by atoms with van der Waals surface area (Å²) in [5.74, 6) is 4.97. The smallest absolute Gasteiger partial charge is 0.265 e. The normalized spacial score (nSPS) is 23.7. The minimum absolute atomic E-state index is 0.0171. The van der Waals surface area contributed by atoms with Crippen LogP contribution < -0.4 is 0 Å². The summed E-state index contributed by atoms with van der Waals surface area (Å²) in [6, 6.07) is 0. The fourth-order valence-electron chi connectivity index (χ4n) is 4.68. The molecule has 0 amide bonds. The van der Waals surface area contributed by atoms with Gasteiger partial charge in [0.25, 0.3) is 5.79 Å². The van der Waals surface area contributed by atoms with Crippen LogP contribution in [0.3, 0.4) is 0 Å². The van der Waals surface area contributed by atoms with E-state index in [0.717, 1.165) is 0 Å². The Morgan fingerprint density at radius 3 is 1.39 bits per heavy atom. The summed E-state index contributed by atoms with van der Waals surface area (Å²) >= 11 is 0. The predicted molar refractivity (Wildman–Crippen MR) is 260 cm³/mol. The molecule has 1 fully saturated rings. The second-order valence-electron chi connectivity index (χ2n) is 25.5. The molecule has 0 bridgehead atoms. The standard InChI is InChI=1S/C44H92O7Si6/c1-39(2,3)53(19,20)32-30-44(47-35(45)29-31-52(16,17)18)38(51-57(27,28)43(13,14)15)37(50-56(25,26)42(10,11)12)36(48-44)34(49-55(23,24)41(7,8)9)33-46-54(21,22)40(4,5)6/h34-38,45H,33H2,1-28H3/t34-,35?,36+,37+,38-,44-/m1/s1. The van der Waals surface area contributed by atoms with Crippen LogP contribution in [0.4, 0.5) is 0 Å². The molecule has 0 aliphatic carbocycles. The number of ether oxygens (including phenoxy) is 2. The summed E-state index contributed by atoms with van der Waals surface area (Å²) in [5, 5.41) is 11.4.